The van der Waals surface area contributed by atoms with E-state index in [1.165, 1.54) is 0 Å². The molecule has 0 amide bonds. The Morgan fingerprint density at radius 1 is 1.00 bits per heavy atom. The predicted octanol–water partition coefficient (Wildman–Crippen LogP) is 2.35. The van der Waals surface area contributed by atoms with Crippen LogP contribution >= 0.6 is 0 Å². The highest BCUT2D eigenvalue weighted by atomic mass is 16.5. The average molecular weight is 238 g/mol. The first-order chi connectivity index (χ1) is 8.14. The third kappa shape index (κ3) is 1.93. The van der Waals surface area contributed by atoms with Crippen LogP contribution in [0.15, 0.2) is 12.1 Å². The Kier molecular flexibility index (Phi) is 3.15. The molecule has 0 radical (unpaired) electrons. The molecular formula is C13H18O4. The van der Waals surface area contributed by atoms with Gasteiger partial charge in [-0.2, -0.15) is 0 Å². The summed E-state index contributed by atoms with van der Waals surface area (Å²) in [4.78, 5) is 0. The summed E-state index contributed by atoms with van der Waals surface area (Å²) in [5, 5.41) is 0. The smallest absolute Gasteiger partial charge is 0.164 e. The molecule has 4 heteroatoms. The summed E-state index contributed by atoms with van der Waals surface area (Å²) >= 11 is 0. The van der Waals surface area contributed by atoms with Crippen molar-refractivity contribution < 1.29 is 18.9 Å². The minimum atomic E-state index is -0.273. The fraction of sp³-hybridized carbons (Fsp3) is 0.538. The Labute approximate surface area is 101 Å². The molecule has 1 fully saturated rings. The lowest BCUT2D eigenvalue weighted by atomic mass is 9.87. The average Bonchev–Trinajstić information content (AvgIpc) is 2.34. The summed E-state index contributed by atoms with van der Waals surface area (Å²) in [6.07, 6.45) is 0.985. The third-order valence-electron chi connectivity index (χ3n) is 3.28. The zero-order valence-corrected chi connectivity index (χ0v) is 10.7. The second-order valence-electron chi connectivity index (χ2n) is 4.24. The van der Waals surface area contributed by atoms with Gasteiger partial charge in [-0.1, -0.05) is 0 Å². The molecule has 0 N–H and O–H groups in total. The topological polar surface area (TPSA) is 36.9 Å². The molecule has 2 rings (SSSR count). The number of hydrogen-bond donors (Lipinski definition) is 0. The number of rotatable bonds is 4. The summed E-state index contributed by atoms with van der Waals surface area (Å²) in [5.74, 6) is 2.13. The number of methoxy groups -OCH3 is 3. The molecule has 0 spiro atoms. The standard InChI is InChI=1S/C13H18O4/c1-13(5-6-17-13)9-7-11(15-3)12(16-4)8-10(9)14-2/h7-8H,5-6H2,1-4H3. The van der Waals surface area contributed by atoms with Crippen molar-refractivity contribution in [1.82, 2.24) is 0 Å². The molecule has 0 aliphatic carbocycles. The van der Waals surface area contributed by atoms with E-state index in [1.54, 1.807) is 21.3 Å². The van der Waals surface area contributed by atoms with E-state index in [0.29, 0.717) is 11.5 Å². The second-order valence-corrected chi connectivity index (χ2v) is 4.24. The summed E-state index contributed by atoms with van der Waals surface area (Å²) in [7, 11) is 4.88. The van der Waals surface area contributed by atoms with Crippen molar-refractivity contribution in [1.29, 1.82) is 0 Å². The lowest BCUT2D eigenvalue weighted by molar-refractivity contribution is -0.141. The van der Waals surface area contributed by atoms with Gasteiger partial charge in [0.05, 0.1) is 33.5 Å². The molecule has 1 aromatic rings. The molecule has 1 saturated heterocycles. The van der Waals surface area contributed by atoms with E-state index >= 15 is 0 Å². The highest BCUT2D eigenvalue weighted by molar-refractivity contribution is 5.53. The molecule has 1 atom stereocenters. The molecule has 1 aromatic carbocycles. The van der Waals surface area contributed by atoms with Gasteiger partial charge >= 0.3 is 0 Å². The molecule has 17 heavy (non-hydrogen) atoms. The summed E-state index contributed by atoms with van der Waals surface area (Å²) in [6, 6.07) is 3.76. The van der Waals surface area contributed by atoms with Crippen molar-refractivity contribution in [2.75, 3.05) is 27.9 Å². The molecule has 0 saturated carbocycles. The van der Waals surface area contributed by atoms with Crippen molar-refractivity contribution in [3.05, 3.63) is 17.7 Å². The van der Waals surface area contributed by atoms with Crippen LogP contribution in [0.4, 0.5) is 0 Å². The number of benzene rings is 1. The zero-order valence-electron chi connectivity index (χ0n) is 10.7. The van der Waals surface area contributed by atoms with Crippen LogP contribution in [0, 0.1) is 0 Å². The van der Waals surface area contributed by atoms with Crippen LogP contribution in [-0.4, -0.2) is 27.9 Å². The van der Waals surface area contributed by atoms with Crippen LogP contribution in [0.25, 0.3) is 0 Å². The quantitative estimate of drug-likeness (QED) is 0.806. The largest absolute Gasteiger partial charge is 0.496 e. The number of ether oxygens (including phenoxy) is 4. The van der Waals surface area contributed by atoms with Crippen LogP contribution in [0.3, 0.4) is 0 Å². The Balaban J connectivity index is 2.49. The number of hydrogen-bond acceptors (Lipinski definition) is 4. The normalized spacial score (nSPS) is 22.8. The van der Waals surface area contributed by atoms with Gasteiger partial charge in [0.15, 0.2) is 11.5 Å². The third-order valence-corrected chi connectivity index (χ3v) is 3.28. The highest BCUT2D eigenvalue weighted by Gasteiger charge is 2.38. The maximum absolute atomic E-state index is 5.64. The zero-order chi connectivity index (χ0) is 12.5. The summed E-state index contributed by atoms with van der Waals surface area (Å²) in [6.45, 7) is 2.84. The van der Waals surface area contributed by atoms with E-state index in [-0.39, 0.29) is 5.60 Å². The van der Waals surface area contributed by atoms with Gasteiger partial charge in [0.25, 0.3) is 0 Å². The van der Waals surface area contributed by atoms with E-state index in [2.05, 4.69) is 6.92 Å². The molecule has 1 unspecified atom stereocenters. The lowest BCUT2D eigenvalue weighted by Crippen LogP contribution is -2.38. The van der Waals surface area contributed by atoms with E-state index in [1.807, 2.05) is 12.1 Å². The van der Waals surface area contributed by atoms with Crippen molar-refractivity contribution in [3.63, 3.8) is 0 Å². The van der Waals surface area contributed by atoms with E-state index in [0.717, 1.165) is 24.3 Å². The minimum Gasteiger partial charge on any atom is -0.496 e. The monoisotopic (exact) mass is 238 g/mol. The molecule has 0 aromatic heterocycles. The first kappa shape index (κ1) is 12.0. The van der Waals surface area contributed by atoms with Crippen molar-refractivity contribution in [2.24, 2.45) is 0 Å². The Bertz CT molecular complexity index is 410. The Morgan fingerprint density at radius 2 is 1.53 bits per heavy atom. The van der Waals surface area contributed by atoms with Crippen LogP contribution < -0.4 is 14.2 Å². The Morgan fingerprint density at radius 3 is 1.94 bits per heavy atom. The molecule has 4 nitrogen and oxygen atoms in total. The van der Waals surface area contributed by atoms with Crippen molar-refractivity contribution in [3.8, 4) is 17.2 Å². The summed E-state index contributed by atoms with van der Waals surface area (Å²) < 4.78 is 21.6. The summed E-state index contributed by atoms with van der Waals surface area (Å²) in [5.41, 5.74) is 0.731. The molecule has 1 aliphatic heterocycles. The molecule has 1 aliphatic rings. The van der Waals surface area contributed by atoms with Gasteiger partial charge in [-0.05, 0) is 13.0 Å². The van der Waals surface area contributed by atoms with Crippen LogP contribution in [0.5, 0.6) is 17.2 Å². The van der Waals surface area contributed by atoms with E-state index < -0.39 is 0 Å². The maximum atomic E-state index is 5.64. The SMILES string of the molecule is COc1cc(OC)c(C2(C)CCO2)cc1OC. The minimum absolute atomic E-state index is 0.273. The first-order valence-electron chi connectivity index (χ1n) is 5.59. The molecule has 1 heterocycles. The predicted molar refractivity (Wildman–Crippen MR) is 64.0 cm³/mol. The molecular weight excluding hydrogens is 220 g/mol. The van der Waals surface area contributed by atoms with Crippen molar-refractivity contribution >= 4 is 0 Å². The lowest BCUT2D eigenvalue weighted by Gasteiger charge is -2.40. The van der Waals surface area contributed by atoms with Gasteiger partial charge in [0.2, 0.25) is 0 Å². The molecule has 94 valence electrons. The van der Waals surface area contributed by atoms with E-state index in [4.69, 9.17) is 18.9 Å². The fourth-order valence-electron chi connectivity index (χ4n) is 2.06. The fourth-order valence-corrected chi connectivity index (χ4v) is 2.06. The van der Waals surface area contributed by atoms with Gasteiger partial charge in [0, 0.05) is 18.1 Å². The van der Waals surface area contributed by atoms with Gasteiger partial charge in [0.1, 0.15) is 5.75 Å². The first-order valence-corrected chi connectivity index (χ1v) is 5.59. The van der Waals surface area contributed by atoms with Crippen molar-refractivity contribution in [2.45, 2.75) is 18.9 Å². The Hall–Kier alpha value is -1.42. The van der Waals surface area contributed by atoms with Crippen LogP contribution in [0.2, 0.25) is 0 Å². The van der Waals surface area contributed by atoms with Crippen LogP contribution in [0.1, 0.15) is 18.9 Å². The maximum Gasteiger partial charge on any atom is 0.164 e. The van der Waals surface area contributed by atoms with E-state index in [9.17, 15) is 0 Å². The van der Waals surface area contributed by atoms with Gasteiger partial charge in [-0.25, -0.2) is 0 Å². The van der Waals surface area contributed by atoms with Crippen LogP contribution in [-0.2, 0) is 10.3 Å². The van der Waals surface area contributed by atoms with Gasteiger partial charge in [-0.15, -0.1) is 0 Å². The highest BCUT2D eigenvalue weighted by Crippen LogP contribution is 2.45. The second kappa shape index (κ2) is 4.45. The van der Waals surface area contributed by atoms with Gasteiger partial charge < -0.3 is 18.9 Å². The molecule has 0 bridgehead atoms. The van der Waals surface area contributed by atoms with Gasteiger partial charge in [-0.3, -0.25) is 0 Å².